The molecule has 1 aromatic carbocycles. The van der Waals surface area contributed by atoms with Crippen LogP contribution in [0.3, 0.4) is 0 Å². The molecule has 1 aromatic rings. The number of benzene rings is 1. The molecule has 1 N–H and O–H groups in total. The molecule has 0 saturated carbocycles. The van der Waals surface area contributed by atoms with Crippen LogP contribution >= 0.6 is 11.6 Å². The van der Waals surface area contributed by atoms with E-state index < -0.39 is 19.9 Å². The number of sulfonamides is 1. The molecule has 1 unspecified atom stereocenters. The lowest BCUT2D eigenvalue weighted by molar-refractivity contribution is 0.277. The van der Waals surface area contributed by atoms with E-state index in [9.17, 15) is 16.8 Å². The van der Waals surface area contributed by atoms with Gasteiger partial charge in [0.15, 0.2) is 9.84 Å². The molecule has 25 heavy (non-hydrogen) atoms. The molecule has 0 spiro atoms. The van der Waals surface area contributed by atoms with E-state index >= 15 is 0 Å². The Morgan fingerprint density at radius 3 is 2.40 bits per heavy atom. The average molecular weight is 407 g/mol. The van der Waals surface area contributed by atoms with Crippen molar-refractivity contribution in [1.82, 2.24) is 9.62 Å². The number of nitrogens with zero attached hydrogens (tertiary/aromatic N) is 1. The van der Waals surface area contributed by atoms with Gasteiger partial charge < -0.3 is 5.32 Å². The molecule has 1 atom stereocenters. The number of piperidine rings is 1. The Balaban J connectivity index is 1.62. The van der Waals surface area contributed by atoms with Crippen molar-refractivity contribution in [1.29, 1.82) is 0 Å². The van der Waals surface area contributed by atoms with Crippen LogP contribution in [0.25, 0.3) is 0 Å². The second-order valence-electron chi connectivity index (χ2n) is 6.88. The van der Waals surface area contributed by atoms with E-state index in [-0.39, 0.29) is 33.5 Å². The molecule has 0 amide bonds. The molecule has 0 bridgehead atoms. The molecule has 2 aliphatic rings. The lowest BCUT2D eigenvalue weighted by atomic mass is 10.1. The first-order valence-electron chi connectivity index (χ1n) is 8.40. The highest BCUT2D eigenvalue weighted by molar-refractivity contribution is 7.91. The molecule has 2 saturated heterocycles. The molecular formula is C16H23ClN2O4S2. The van der Waals surface area contributed by atoms with Crippen LogP contribution < -0.4 is 5.32 Å². The number of halogens is 1. The van der Waals surface area contributed by atoms with Gasteiger partial charge in [-0.1, -0.05) is 17.7 Å². The van der Waals surface area contributed by atoms with Crippen LogP contribution in [-0.4, -0.2) is 57.8 Å². The predicted octanol–water partition coefficient (Wildman–Crippen LogP) is 1.58. The number of aryl methyl sites for hydroxylation is 1. The maximum Gasteiger partial charge on any atom is 0.244 e. The Morgan fingerprint density at radius 1 is 1.16 bits per heavy atom. The van der Waals surface area contributed by atoms with Crippen molar-refractivity contribution in [2.75, 3.05) is 24.6 Å². The van der Waals surface area contributed by atoms with Crippen molar-refractivity contribution in [3.63, 3.8) is 0 Å². The van der Waals surface area contributed by atoms with Crippen LogP contribution in [-0.2, 0) is 19.9 Å². The fraction of sp³-hybridized carbons (Fsp3) is 0.625. The molecule has 9 heteroatoms. The summed E-state index contributed by atoms with van der Waals surface area (Å²) in [5, 5.41) is 3.62. The minimum absolute atomic E-state index is 0.00954. The summed E-state index contributed by atoms with van der Waals surface area (Å²) in [5.74, 6) is 0.425. The summed E-state index contributed by atoms with van der Waals surface area (Å²) in [4.78, 5) is 0.146. The summed E-state index contributed by atoms with van der Waals surface area (Å²) in [6.07, 6.45) is 1.97. The highest BCUT2D eigenvalue weighted by atomic mass is 35.5. The zero-order chi connectivity index (χ0) is 18.2. The van der Waals surface area contributed by atoms with E-state index in [0.717, 1.165) is 5.56 Å². The van der Waals surface area contributed by atoms with E-state index in [1.54, 1.807) is 18.2 Å². The van der Waals surface area contributed by atoms with Gasteiger partial charge >= 0.3 is 0 Å². The summed E-state index contributed by atoms with van der Waals surface area (Å²) in [5.41, 5.74) is 0.915. The molecule has 6 nitrogen and oxygen atoms in total. The van der Waals surface area contributed by atoms with Gasteiger partial charge in [-0.2, -0.15) is 4.31 Å². The Labute approximate surface area is 154 Å². The van der Waals surface area contributed by atoms with Crippen LogP contribution in [0.5, 0.6) is 0 Å². The molecule has 0 radical (unpaired) electrons. The number of rotatable bonds is 4. The molecule has 2 fully saturated rings. The van der Waals surface area contributed by atoms with Gasteiger partial charge in [-0.05, 0) is 43.9 Å². The lowest BCUT2D eigenvalue weighted by Gasteiger charge is -2.33. The van der Waals surface area contributed by atoms with E-state index in [1.165, 1.54) is 4.31 Å². The highest BCUT2D eigenvalue weighted by Gasteiger charge is 2.33. The Hall–Kier alpha value is -0.670. The summed E-state index contributed by atoms with van der Waals surface area (Å²) in [6.45, 7) is 2.68. The first-order valence-corrected chi connectivity index (χ1v) is 12.0. The standard InChI is InChI=1S/C16H23ClN2O4S2/c1-12-2-3-16(15(17)10-12)25(22,23)19-7-4-13(5-8-19)18-14-6-9-24(20,21)11-14/h2-3,10,13-14,18H,4-9,11H2,1H3. The van der Waals surface area contributed by atoms with Gasteiger partial charge in [0, 0.05) is 25.2 Å². The largest absolute Gasteiger partial charge is 0.310 e. The molecule has 3 rings (SSSR count). The SMILES string of the molecule is Cc1ccc(S(=O)(=O)N2CCC(NC3CCS(=O)(=O)C3)CC2)c(Cl)c1. The second kappa shape index (κ2) is 7.15. The Kier molecular flexibility index (Phi) is 5.46. The summed E-state index contributed by atoms with van der Waals surface area (Å²) in [6, 6.07) is 5.10. The highest BCUT2D eigenvalue weighted by Crippen LogP contribution is 2.28. The van der Waals surface area contributed by atoms with Gasteiger partial charge in [0.1, 0.15) is 4.90 Å². The third kappa shape index (κ3) is 4.36. The minimum Gasteiger partial charge on any atom is -0.310 e. The molecule has 2 heterocycles. The third-order valence-electron chi connectivity index (χ3n) is 4.86. The van der Waals surface area contributed by atoms with Crippen LogP contribution in [0.1, 0.15) is 24.8 Å². The van der Waals surface area contributed by atoms with Crippen LogP contribution in [0.15, 0.2) is 23.1 Å². The van der Waals surface area contributed by atoms with Crippen LogP contribution in [0.2, 0.25) is 5.02 Å². The molecular weight excluding hydrogens is 384 g/mol. The first-order chi connectivity index (χ1) is 11.7. The Morgan fingerprint density at radius 2 is 1.84 bits per heavy atom. The van der Waals surface area contributed by atoms with E-state index in [1.807, 2.05) is 6.92 Å². The van der Waals surface area contributed by atoms with Gasteiger partial charge in [-0.3, -0.25) is 0 Å². The summed E-state index contributed by atoms with van der Waals surface area (Å²) in [7, 11) is -6.51. The van der Waals surface area contributed by atoms with Gasteiger partial charge in [0.2, 0.25) is 10.0 Å². The van der Waals surface area contributed by atoms with Crippen molar-refractivity contribution in [2.24, 2.45) is 0 Å². The minimum atomic E-state index is -3.60. The number of hydrogen-bond acceptors (Lipinski definition) is 5. The van der Waals surface area contributed by atoms with Crippen molar-refractivity contribution in [3.05, 3.63) is 28.8 Å². The molecule has 0 aromatic heterocycles. The Bertz CT molecular complexity index is 847. The van der Waals surface area contributed by atoms with Crippen molar-refractivity contribution >= 4 is 31.5 Å². The maximum absolute atomic E-state index is 12.8. The second-order valence-corrected chi connectivity index (χ2v) is 11.4. The topological polar surface area (TPSA) is 83.6 Å². The van der Waals surface area contributed by atoms with Crippen molar-refractivity contribution in [2.45, 2.75) is 43.2 Å². The number of nitrogens with one attached hydrogen (secondary N) is 1. The predicted molar refractivity (Wildman–Crippen MR) is 98.2 cm³/mol. The fourth-order valence-electron chi connectivity index (χ4n) is 3.48. The number of sulfone groups is 1. The first kappa shape index (κ1) is 19.1. The van der Waals surface area contributed by atoms with Crippen LogP contribution in [0.4, 0.5) is 0 Å². The summed E-state index contributed by atoms with van der Waals surface area (Å²) < 4.78 is 50.1. The molecule has 0 aliphatic carbocycles. The maximum atomic E-state index is 12.8. The van der Waals surface area contributed by atoms with E-state index in [0.29, 0.717) is 32.4 Å². The van der Waals surface area contributed by atoms with Crippen molar-refractivity contribution in [3.8, 4) is 0 Å². The van der Waals surface area contributed by atoms with Gasteiger partial charge in [-0.25, -0.2) is 16.8 Å². The lowest BCUT2D eigenvalue weighted by Crippen LogP contribution is -2.48. The normalized spacial score (nSPS) is 25.3. The van der Waals surface area contributed by atoms with Crippen molar-refractivity contribution < 1.29 is 16.8 Å². The monoisotopic (exact) mass is 406 g/mol. The molecule has 140 valence electrons. The van der Waals surface area contributed by atoms with Gasteiger partial charge in [0.05, 0.1) is 16.5 Å². The summed E-state index contributed by atoms with van der Waals surface area (Å²) >= 11 is 6.13. The quantitative estimate of drug-likeness (QED) is 0.820. The zero-order valence-electron chi connectivity index (χ0n) is 14.1. The van der Waals surface area contributed by atoms with E-state index in [2.05, 4.69) is 5.32 Å². The fourth-order valence-corrected chi connectivity index (χ4v) is 7.21. The van der Waals surface area contributed by atoms with Gasteiger partial charge in [-0.15, -0.1) is 0 Å². The number of hydrogen-bond donors (Lipinski definition) is 1. The zero-order valence-corrected chi connectivity index (χ0v) is 16.5. The molecule has 2 aliphatic heterocycles. The van der Waals surface area contributed by atoms with E-state index in [4.69, 9.17) is 11.6 Å². The van der Waals surface area contributed by atoms with Crippen LogP contribution in [0, 0.1) is 6.92 Å². The third-order valence-corrected chi connectivity index (χ3v) is 9.01. The van der Waals surface area contributed by atoms with Gasteiger partial charge in [0.25, 0.3) is 0 Å². The smallest absolute Gasteiger partial charge is 0.244 e. The average Bonchev–Trinajstić information content (AvgIpc) is 2.86.